The Morgan fingerprint density at radius 2 is 1.69 bits per heavy atom. The molecule has 0 bridgehead atoms. The molecule has 0 N–H and O–H groups in total. The summed E-state index contributed by atoms with van der Waals surface area (Å²) in [4.78, 5) is 14.2. The molecule has 94 valence electrons. The van der Waals surface area contributed by atoms with Crippen LogP contribution in [0.3, 0.4) is 0 Å². The minimum absolute atomic E-state index is 0.108. The van der Waals surface area contributed by atoms with E-state index in [0.717, 1.165) is 12.8 Å². The van der Waals surface area contributed by atoms with E-state index in [-0.39, 0.29) is 17.9 Å². The molecule has 4 nitrogen and oxygen atoms in total. The van der Waals surface area contributed by atoms with Crippen LogP contribution in [0.5, 0.6) is 0 Å². The van der Waals surface area contributed by atoms with E-state index in [1.807, 2.05) is 27.7 Å². The van der Waals surface area contributed by atoms with E-state index in [2.05, 4.69) is 11.9 Å². The SMILES string of the molecule is CCCC(N=C=O)[SiH](OC(C)C)OC(C)C. The van der Waals surface area contributed by atoms with Gasteiger partial charge in [-0.25, -0.2) is 9.79 Å². The summed E-state index contributed by atoms with van der Waals surface area (Å²) in [5.74, 6) is 0. The maximum Gasteiger partial charge on any atom is 0.348 e. The largest absolute Gasteiger partial charge is 0.393 e. The van der Waals surface area contributed by atoms with Crippen LogP contribution in [-0.2, 0) is 13.6 Å². The first-order valence-corrected chi connectivity index (χ1v) is 7.50. The van der Waals surface area contributed by atoms with Crippen molar-refractivity contribution >= 4 is 15.4 Å². The van der Waals surface area contributed by atoms with Crippen LogP contribution in [0.2, 0.25) is 0 Å². The smallest absolute Gasteiger partial charge is 0.348 e. The third-order valence-corrected chi connectivity index (χ3v) is 4.67. The average molecular weight is 245 g/mol. The van der Waals surface area contributed by atoms with Crippen molar-refractivity contribution in [2.24, 2.45) is 4.99 Å². The first-order valence-electron chi connectivity index (χ1n) is 5.89. The number of rotatable bonds is 8. The summed E-state index contributed by atoms with van der Waals surface area (Å²) in [6.45, 7) is 9.94. The van der Waals surface area contributed by atoms with Gasteiger partial charge in [-0.2, -0.15) is 0 Å². The predicted molar refractivity (Wildman–Crippen MR) is 66.4 cm³/mol. The maximum atomic E-state index is 10.4. The molecule has 0 fully saturated rings. The Morgan fingerprint density at radius 3 is 2.00 bits per heavy atom. The van der Waals surface area contributed by atoms with Crippen molar-refractivity contribution in [3.05, 3.63) is 0 Å². The highest BCUT2D eigenvalue weighted by Gasteiger charge is 2.27. The molecule has 16 heavy (non-hydrogen) atoms. The second kappa shape index (κ2) is 8.64. The quantitative estimate of drug-likeness (QED) is 0.374. The van der Waals surface area contributed by atoms with E-state index < -0.39 is 9.28 Å². The molecule has 0 aliphatic carbocycles. The molecule has 5 heteroatoms. The van der Waals surface area contributed by atoms with Crippen molar-refractivity contribution in [3.63, 3.8) is 0 Å². The molecule has 0 saturated carbocycles. The van der Waals surface area contributed by atoms with E-state index in [4.69, 9.17) is 8.85 Å². The van der Waals surface area contributed by atoms with Crippen molar-refractivity contribution in [1.82, 2.24) is 0 Å². The number of hydrogen-bond acceptors (Lipinski definition) is 4. The van der Waals surface area contributed by atoms with Gasteiger partial charge >= 0.3 is 9.28 Å². The van der Waals surface area contributed by atoms with Crippen LogP contribution in [0.25, 0.3) is 0 Å². The van der Waals surface area contributed by atoms with Gasteiger partial charge in [0.15, 0.2) is 0 Å². The Bertz CT molecular complexity index is 217. The molecule has 0 amide bonds. The molecule has 0 heterocycles. The summed E-state index contributed by atoms with van der Waals surface area (Å²) in [6, 6.07) is 0. The van der Waals surface area contributed by atoms with Gasteiger partial charge in [-0.3, -0.25) is 0 Å². The van der Waals surface area contributed by atoms with E-state index in [1.165, 1.54) is 0 Å². The number of nitrogens with zero attached hydrogens (tertiary/aromatic N) is 1. The second-order valence-electron chi connectivity index (χ2n) is 4.31. The van der Waals surface area contributed by atoms with Gasteiger partial charge in [0.1, 0.15) is 5.67 Å². The lowest BCUT2D eigenvalue weighted by Crippen LogP contribution is -2.40. The topological polar surface area (TPSA) is 47.9 Å². The fourth-order valence-electron chi connectivity index (χ4n) is 1.37. The molecular weight excluding hydrogens is 222 g/mol. The summed E-state index contributed by atoms with van der Waals surface area (Å²) in [6.07, 6.45) is 3.63. The molecule has 0 aromatic heterocycles. The zero-order chi connectivity index (χ0) is 12.6. The number of isocyanates is 1. The van der Waals surface area contributed by atoms with Gasteiger partial charge in [-0.15, -0.1) is 0 Å². The second-order valence-corrected chi connectivity index (χ2v) is 6.37. The lowest BCUT2D eigenvalue weighted by Gasteiger charge is -2.25. The van der Waals surface area contributed by atoms with Crippen LogP contribution in [0.15, 0.2) is 4.99 Å². The standard InChI is InChI=1S/C11H23NO3Si/c1-6-7-11(12-8-13)16(14-9(2)3)15-10(4)5/h9-11,16H,6-7H2,1-5H3. The maximum absolute atomic E-state index is 10.4. The first kappa shape index (κ1) is 15.5. The van der Waals surface area contributed by atoms with Crippen LogP contribution in [0, 0.1) is 0 Å². The van der Waals surface area contributed by atoms with Crippen molar-refractivity contribution in [2.75, 3.05) is 0 Å². The summed E-state index contributed by atoms with van der Waals surface area (Å²) in [7, 11) is -1.93. The van der Waals surface area contributed by atoms with Gasteiger partial charge in [0.25, 0.3) is 0 Å². The number of carbonyl (C=O) groups excluding carboxylic acids is 1. The number of hydrogen-bond donors (Lipinski definition) is 0. The van der Waals surface area contributed by atoms with Gasteiger partial charge in [0.05, 0.1) is 0 Å². The molecule has 1 atom stereocenters. The van der Waals surface area contributed by atoms with Crippen molar-refractivity contribution < 1.29 is 13.6 Å². The third-order valence-electron chi connectivity index (χ3n) is 1.93. The molecule has 0 saturated heterocycles. The lowest BCUT2D eigenvalue weighted by molar-refractivity contribution is 0.123. The first-order chi connectivity index (χ1) is 7.51. The zero-order valence-electron chi connectivity index (χ0n) is 10.9. The highest BCUT2D eigenvalue weighted by Crippen LogP contribution is 2.12. The molecule has 1 unspecified atom stereocenters. The van der Waals surface area contributed by atoms with E-state index in [0.29, 0.717) is 0 Å². The molecular formula is C11H23NO3Si. The highest BCUT2D eigenvalue weighted by atomic mass is 28.3. The molecule has 0 aliphatic rings. The number of aliphatic imine (C=N–C) groups is 1. The summed E-state index contributed by atoms with van der Waals surface area (Å²) in [5.41, 5.74) is -0.118. The average Bonchev–Trinajstić information content (AvgIpc) is 2.15. The summed E-state index contributed by atoms with van der Waals surface area (Å²) < 4.78 is 11.5. The van der Waals surface area contributed by atoms with Crippen LogP contribution < -0.4 is 0 Å². The monoisotopic (exact) mass is 245 g/mol. The van der Waals surface area contributed by atoms with Gasteiger partial charge in [-0.05, 0) is 34.1 Å². The van der Waals surface area contributed by atoms with Crippen molar-refractivity contribution in [3.8, 4) is 0 Å². The van der Waals surface area contributed by atoms with Crippen LogP contribution >= 0.6 is 0 Å². The Hall–Kier alpha value is -0.483. The molecule has 0 aromatic carbocycles. The Labute approximate surface area is 99.9 Å². The Balaban J connectivity index is 4.58. The predicted octanol–water partition coefficient (Wildman–Crippen LogP) is 2.10. The molecule has 0 spiro atoms. The van der Waals surface area contributed by atoms with Crippen molar-refractivity contribution in [2.45, 2.75) is 65.3 Å². The Morgan fingerprint density at radius 1 is 1.19 bits per heavy atom. The molecule has 0 aromatic rings. The zero-order valence-corrected chi connectivity index (χ0v) is 12.1. The fraction of sp³-hybridized carbons (Fsp3) is 0.909. The molecule has 0 aliphatic heterocycles. The lowest BCUT2D eigenvalue weighted by atomic mass is 10.3. The fourth-order valence-corrected chi connectivity index (χ4v) is 3.66. The van der Waals surface area contributed by atoms with Crippen LogP contribution in [0.1, 0.15) is 47.5 Å². The van der Waals surface area contributed by atoms with Crippen LogP contribution in [0.4, 0.5) is 0 Å². The minimum atomic E-state index is -1.93. The molecule has 0 rings (SSSR count). The van der Waals surface area contributed by atoms with Gasteiger partial charge < -0.3 is 8.85 Å². The van der Waals surface area contributed by atoms with Gasteiger partial charge in [0, 0.05) is 12.2 Å². The highest BCUT2D eigenvalue weighted by molar-refractivity contribution is 6.46. The molecule has 0 radical (unpaired) electrons. The van der Waals surface area contributed by atoms with Crippen molar-refractivity contribution in [1.29, 1.82) is 0 Å². The third kappa shape index (κ3) is 6.90. The van der Waals surface area contributed by atoms with E-state index in [9.17, 15) is 4.79 Å². The Kier molecular flexibility index (Phi) is 8.38. The minimum Gasteiger partial charge on any atom is -0.393 e. The van der Waals surface area contributed by atoms with Gasteiger partial charge in [-0.1, -0.05) is 13.3 Å². The van der Waals surface area contributed by atoms with Crippen LogP contribution in [-0.4, -0.2) is 33.2 Å². The van der Waals surface area contributed by atoms with E-state index >= 15 is 0 Å². The summed E-state index contributed by atoms with van der Waals surface area (Å²) in [5, 5.41) is 0. The van der Waals surface area contributed by atoms with E-state index in [1.54, 1.807) is 6.08 Å². The van der Waals surface area contributed by atoms with Gasteiger partial charge in [0.2, 0.25) is 6.08 Å². The normalized spacial score (nSPS) is 13.2. The summed E-state index contributed by atoms with van der Waals surface area (Å²) >= 11 is 0.